The lowest BCUT2D eigenvalue weighted by molar-refractivity contribution is -0.121. The number of rotatable bonds is 18. The Balaban J connectivity index is 1.48. The van der Waals surface area contributed by atoms with Crippen molar-refractivity contribution in [2.75, 3.05) is 66.1 Å². The number of nitrogens with zero attached hydrogens (tertiary/aromatic N) is 2. The van der Waals surface area contributed by atoms with Gasteiger partial charge in [-0.3, -0.25) is 10.2 Å². The van der Waals surface area contributed by atoms with Crippen LogP contribution in [0.15, 0.2) is 36.4 Å². The van der Waals surface area contributed by atoms with Crippen LogP contribution in [0.4, 0.5) is 5.69 Å². The van der Waals surface area contributed by atoms with Gasteiger partial charge in [0.15, 0.2) is 11.5 Å². The minimum absolute atomic E-state index is 0.196. The van der Waals surface area contributed by atoms with E-state index in [-0.39, 0.29) is 5.91 Å². The van der Waals surface area contributed by atoms with E-state index in [1.165, 1.54) is 44.6 Å². The second-order valence-corrected chi connectivity index (χ2v) is 10.4. The van der Waals surface area contributed by atoms with Crippen LogP contribution in [0.2, 0.25) is 0 Å². The molecule has 0 unspecified atom stereocenters. The summed E-state index contributed by atoms with van der Waals surface area (Å²) in [5, 5.41) is 1.93. The number of methoxy groups -OCH3 is 4. The molecule has 0 aliphatic carbocycles. The molecule has 9 heteroatoms. The normalized spacial score (nSPS) is 13.7. The van der Waals surface area contributed by atoms with Crippen molar-refractivity contribution in [2.45, 2.75) is 58.3 Å². The summed E-state index contributed by atoms with van der Waals surface area (Å²) in [6, 6.07) is 9.53. The number of carbonyl (C=O) groups is 1. The Morgan fingerprint density at radius 3 is 2.00 bits per heavy atom. The van der Waals surface area contributed by atoms with E-state index in [2.05, 4.69) is 17.2 Å². The Hall–Kier alpha value is -3.59. The molecule has 0 spiro atoms. The van der Waals surface area contributed by atoms with Gasteiger partial charge in [0.05, 0.1) is 40.7 Å². The van der Waals surface area contributed by atoms with E-state index >= 15 is 0 Å². The van der Waals surface area contributed by atoms with E-state index in [9.17, 15) is 4.79 Å². The monoisotopic (exact) mass is 583 g/mol. The number of unbranched alkanes of at least 4 members (excludes halogenated alkanes) is 7. The van der Waals surface area contributed by atoms with Gasteiger partial charge in [0.1, 0.15) is 11.5 Å². The van der Waals surface area contributed by atoms with Crippen molar-refractivity contribution in [3.05, 3.63) is 42.0 Å². The zero-order chi connectivity index (χ0) is 30.2. The lowest BCUT2D eigenvalue weighted by atomic mass is 10.1. The van der Waals surface area contributed by atoms with Crippen LogP contribution < -0.4 is 34.0 Å². The number of anilines is 1. The second kappa shape index (κ2) is 18.1. The standard InChI is InChI=1S/C33H49N3O6/c1-6-7-8-9-10-11-12-13-22-42-33-30(40-4)23-26(24-31(33)41-5)14-17-32(37)34-36-20-18-35(19-21-36)28-16-15-27(38-2)25-29(28)39-3/h14-17,23-25H,6-13,18-22H2,1-5H3,(H,34,37). The molecule has 2 aromatic carbocycles. The molecular formula is C33H49N3O6. The second-order valence-electron chi connectivity index (χ2n) is 10.4. The highest BCUT2D eigenvalue weighted by Crippen LogP contribution is 2.39. The molecule has 232 valence electrons. The SMILES string of the molecule is CCCCCCCCCCOc1c(OC)cc(C=CC(=O)NN2CCN(c3ccc(OC)cc3OC)CC2)cc1OC. The molecule has 1 N–H and O–H groups in total. The fourth-order valence-electron chi connectivity index (χ4n) is 5.02. The number of piperazine rings is 1. The van der Waals surface area contributed by atoms with Gasteiger partial charge in [0, 0.05) is 38.3 Å². The molecule has 1 aliphatic heterocycles. The molecule has 1 heterocycles. The molecule has 2 aromatic rings. The van der Waals surface area contributed by atoms with Gasteiger partial charge in [-0.15, -0.1) is 0 Å². The maximum atomic E-state index is 12.7. The van der Waals surface area contributed by atoms with E-state index < -0.39 is 0 Å². The van der Waals surface area contributed by atoms with Crippen LogP contribution in [0.3, 0.4) is 0 Å². The number of hydrogen-bond acceptors (Lipinski definition) is 8. The van der Waals surface area contributed by atoms with Gasteiger partial charge < -0.3 is 28.6 Å². The summed E-state index contributed by atoms with van der Waals surface area (Å²) in [6.07, 6.45) is 13.2. The van der Waals surface area contributed by atoms with Crippen LogP contribution in [0.1, 0.15) is 63.9 Å². The highest BCUT2D eigenvalue weighted by molar-refractivity contribution is 5.91. The largest absolute Gasteiger partial charge is 0.497 e. The Morgan fingerprint density at radius 2 is 1.40 bits per heavy atom. The topological polar surface area (TPSA) is 81.7 Å². The van der Waals surface area contributed by atoms with Crippen molar-refractivity contribution in [3.8, 4) is 28.7 Å². The van der Waals surface area contributed by atoms with E-state index in [0.29, 0.717) is 36.9 Å². The van der Waals surface area contributed by atoms with Crippen molar-refractivity contribution in [2.24, 2.45) is 0 Å². The number of amides is 1. The fourth-order valence-corrected chi connectivity index (χ4v) is 5.02. The van der Waals surface area contributed by atoms with Crippen molar-refractivity contribution in [3.63, 3.8) is 0 Å². The minimum Gasteiger partial charge on any atom is -0.497 e. The number of benzene rings is 2. The zero-order valence-corrected chi connectivity index (χ0v) is 26.1. The van der Waals surface area contributed by atoms with Gasteiger partial charge >= 0.3 is 0 Å². The van der Waals surface area contributed by atoms with Gasteiger partial charge in [-0.1, -0.05) is 51.9 Å². The molecular weight excluding hydrogens is 534 g/mol. The number of hydrazine groups is 1. The third-order valence-electron chi connectivity index (χ3n) is 7.43. The van der Waals surface area contributed by atoms with E-state index in [4.69, 9.17) is 23.7 Å². The molecule has 1 aliphatic rings. The van der Waals surface area contributed by atoms with Crippen LogP contribution in [0, 0.1) is 0 Å². The van der Waals surface area contributed by atoms with Gasteiger partial charge in [0.2, 0.25) is 5.75 Å². The van der Waals surface area contributed by atoms with Crippen LogP contribution >= 0.6 is 0 Å². The first-order chi connectivity index (χ1) is 20.5. The number of hydrogen-bond donors (Lipinski definition) is 1. The van der Waals surface area contributed by atoms with Crippen LogP contribution in [-0.2, 0) is 4.79 Å². The van der Waals surface area contributed by atoms with E-state index in [1.807, 2.05) is 35.3 Å². The molecule has 0 bridgehead atoms. The quantitative estimate of drug-likeness (QED) is 0.166. The third-order valence-corrected chi connectivity index (χ3v) is 7.43. The third kappa shape index (κ3) is 10.0. The van der Waals surface area contributed by atoms with Gasteiger partial charge in [-0.05, 0) is 42.3 Å². The lowest BCUT2D eigenvalue weighted by Gasteiger charge is -2.36. The average Bonchev–Trinajstić information content (AvgIpc) is 3.03. The summed E-state index contributed by atoms with van der Waals surface area (Å²) in [7, 11) is 6.52. The molecule has 1 fully saturated rings. The smallest absolute Gasteiger partial charge is 0.258 e. The minimum atomic E-state index is -0.196. The highest BCUT2D eigenvalue weighted by Gasteiger charge is 2.21. The van der Waals surface area contributed by atoms with Crippen LogP contribution in [0.5, 0.6) is 28.7 Å². The predicted molar refractivity (Wildman–Crippen MR) is 168 cm³/mol. The number of nitrogens with one attached hydrogen (secondary N) is 1. The Kier molecular flexibility index (Phi) is 14.2. The van der Waals surface area contributed by atoms with Crippen molar-refractivity contribution < 1.29 is 28.5 Å². The molecule has 1 saturated heterocycles. The zero-order valence-electron chi connectivity index (χ0n) is 26.1. The number of carbonyl (C=O) groups excluding carboxylic acids is 1. The highest BCUT2D eigenvalue weighted by atomic mass is 16.5. The predicted octanol–water partition coefficient (Wildman–Crippen LogP) is 6.11. The Morgan fingerprint density at radius 1 is 0.786 bits per heavy atom. The summed E-state index contributed by atoms with van der Waals surface area (Å²) < 4.78 is 28.1. The molecule has 42 heavy (non-hydrogen) atoms. The molecule has 3 rings (SSSR count). The Bertz CT molecular complexity index is 1110. The molecule has 0 saturated carbocycles. The van der Waals surface area contributed by atoms with Crippen LogP contribution in [0.25, 0.3) is 6.08 Å². The first-order valence-corrected chi connectivity index (χ1v) is 15.1. The first-order valence-electron chi connectivity index (χ1n) is 15.1. The summed E-state index contributed by atoms with van der Waals surface area (Å²) in [6.45, 7) is 5.72. The van der Waals surface area contributed by atoms with Gasteiger partial charge in [0.25, 0.3) is 5.91 Å². The van der Waals surface area contributed by atoms with E-state index in [0.717, 1.165) is 48.7 Å². The summed E-state index contributed by atoms with van der Waals surface area (Å²) in [5.74, 6) is 3.09. The van der Waals surface area contributed by atoms with Crippen LogP contribution in [-0.4, -0.2) is 72.1 Å². The maximum Gasteiger partial charge on any atom is 0.258 e. The lowest BCUT2D eigenvalue weighted by Crippen LogP contribution is -2.53. The van der Waals surface area contributed by atoms with E-state index in [1.54, 1.807) is 34.5 Å². The molecule has 0 radical (unpaired) electrons. The van der Waals surface area contributed by atoms with Crippen molar-refractivity contribution >= 4 is 17.7 Å². The molecule has 0 atom stereocenters. The number of ether oxygens (including phenoxy) is 5. The van der Waals surface area contributed by atoms with Crippen molar-refractivity contribution in [1.29, 1.82) is 0 Å². The summed E-state index contributed by atoms with van der Waals surface area (Å²) in [4.78, 5) is 15.0. The van der Waals surface area contributed by atoms with Gasteiger partial charge in [-0.2, -0.15) is 0 Å². The Labute approximate surface area is 251 Å². The first kappa shape index (κ1) is 32.9. The molecule has 1 amide bonds. The molecule has 0 aromatic heterocycles. The van der Waals surface area contributed by atoms with Crippen molar-refractivity contribution in [1.82, 2.24) is 10.4 Å². The average molecular weight is 584 g/mol. The van der Waals surface area contributed by atoms with Gasteiger partial charge in [-0.25, -0.2) is 5.01 Å². The summed E-state index contributed by atoms with van der Waals surface area (Å²) >= 11 is 0. The fraction of sp³-hybridized carbons (Fsp3) is 0.545. The summed E-state index contributed by atoms with van der Waals surface area (Å²) in [5.41, 5.74) is 4.78. The molecule has 9 nitrogen and oxygen atoms in total. The maximum absolute atomic E-state index is 12.7.